The summed E-state index contributed by atoms with van der Waals surface area (Å²) in [7, 11) is -2.36. The van der Waals surface area contributed by atoms with E-state index in [-0.39, 0.29) is 10.6 Å². The molecule has 0 aliphatic rings. The first kappa shape index (κ1) is 26.8. The Morgan fingerprint density at radius 2 is 1.57 bits per heavy atom. The summed E-state index contributed by atoms with van der Waals surface area (Å²) in [6.07, 6.45) is 2.54. The van der Waals surface area contributed by atoms with Crippen LogP contribution in [0.5, 0.6) is 5.75 Å². The van der Waals surface area contributed by atoms with Crippen molar-refractivity contribution in [1.29, 1.82) is 0 Å². The van der Waals surface area contributed by atoms with E-state index in [0.29, 0.717) is 18.6 Å². The molecule has 0 spiro atoms. The number of hydrogen-bond donors (Lipinski definition) is 2. The lowest BCUT2D eigenvalue weighted by Gasteiger charge is -2.26. The topological polar surface area (TPSA) is 92.7 Å². The first-order valence-corrected chi connectivity index (χ1v) is 14.0. The number of hydrogen-bond acceptors (Lipinski definition) is 6. The Kier molecular flexibility index (Phi) is 10.2. The van der Waals surface area contributed by atoms with Gasteiger partial charge in [0.05, 0.1) is 23.2 Å². The lowest BCUT2D eigenvalue weighted by Crippen LogP contribution is -2.42. The number of thioether (sulfide) groups is 1. The van der Waals surface area contributed by atoms with Crippen LogP contribution in [0, 0.1) is 5.92 Å². The van der Waals surface area contributed by atoms with E-state index in [4.69, 9.17) is 4.74 Å². The minimum atomic E-state index is -3.87. The van der Waals surface area contributed by atoms with Gasteiger partial charge >= 0.3 is 0 Å². The Bertz CT molecular complexity index is 1150. The van der Waals surface area contributed by atoms with Crippen LogP contribution in [0.15, 0.2) is 94.7 Å². The fourth-order valence-electron chi connectivity index (χ4n) is 3.97. The fraction of sp³-hybridized carbons (Fsp3) is 0.296. The highest BCUT2D eigenvalue weighted by Crippen LogP contribution is 2.31. The van der Waals surface area contributed by atoms with Crippen LogP contribution in [-0.4, -0.2) is 37.6 Å². The third-order valence-electron chi connectivity index (χ3n) is 5.90. The largest absolute Gasteiger partial charge is 0.497 e. The second kappa shape index (κ2) is 13.3. The summed E-state index contributed by atoms with van der Waals surface area (Å²) >= 11 is 1.40. The molecule has 3 aromatic rings. The normalized spacial score (nSPS) is 13.1. The van der Waals surface area contributed by atoms with E-state index in [9.17, 15) is 18.4 Å². The number of nitrogens with one attached hydrogen (secondary N) is 1. The third kappa shape index (κ3) is 7.59. The highest BCUT2D eigenvalue weighted by Gasteiger charge is 2.38. The molecule has 0 saturated heterocycles. The molecule has 0 aliphatic carbocycles. The molecule has 1 amide bonds. The molecule has 0 fully saturated rings. The summed E-state index contributed by atoms with van der Waals surface area (Å²) < 4.78 is 32.7. The van der Waals surface area contributed by atoms with Gasteiger partial charge in [-0.25, -0.2) is 13.9 Å². The lowest BCUT2D eigenvalue weighted by atomic mass is 9.99. The van der Waals surface area contributed by atoms with E-state index in [1.807, 2.05) is 60.7 Å². The van der Waals surface area contributed by atoms with E-state index in [1.165, 1.54) is 36.6 Å². The number of aryl methyl sites for hydroxylation is 1. The molecule has 2 atom stereocenters. The van der Waals surface area contributed by atoms with Crippen LogP contribution in [0.25, 0.3) is 0 Å². The van der Waals surface area contributed by atoms with E-state index in [1.54, 1.807) is 17.6 Å². The van der Waals surface area contributed by atoms with Crippen LogP contribution >= 0.6 is 11.8 Å². The zero-order chi connectivity index (χ0) is 25.1. The molecule has 3 rings (SSSR count). The van der Waals surface area contributed by atoms with Crippen LogP contribution in [-0.2, 0) is 21.1 Å². The minimum absolute atomic E-state index is 0.131. The van der Waals surface area contributed by atoms with Crippen molar-refractivity contribution in [2.75, 3.05) is 12.9 Å². The SMILES string of the molecule is COc1ccc(S(=O)(=O)[C@@H](CCCCc2ccccc2)[C@@H](CSc2ccccc2)C(=O)NO)cc1. The summed E-state index contributed by atoms with van der Waals surface area (Å²) in [6, 6.07) is 25.7. The predicted octanol–water partition coefficient (Wildman–Crippen LogP) is 5.16. The molecule has 6 nitrogen and oxygen atoms in total. The molecular formula is C27H31NO5S2. The Hall–Kier alpha value is -2.81. The zero-order valence-electron chi connectivity index (χ0n) is 19.7. The number of amides is 1. The second-order valence-electron chi connectivity index (χ2n) is 8.20. The maximum absolute atomic E-state index is 13.8. The number of carbonyl (C=O) groups is 1. The molecule has 8 heteroatoms. The molecule has 0 radical (unpaired) electrons. The lowest BCUT2D eigenvalue weighted by molar-refractivity contribution is -0.132. The number of carbonyl (C=O) groups excluding carboxylic acids is 1. The van der Waals surface area contributed by atoms with Gasteiger partial charge in [0.15, 0.2) is 9.84 Å². The summed E-state index contributed by atoms with van der Waals surface area (Å²) in [5.74, 6) is -0.866. The number of rotatable bonds is 13. The Labute approximate surface area is 211 Å². The number of benzene rings is 3. The molecular weight excluding hydrogens is 482 g/mol. The second-order valence-corrected chi connectivity index (χ2v) is 11.5. The summed E-state index contributed by atoms with van der Waals surface area (Å²) in [4.78, 5) is 13.8. The van der Waals surface area contributed by atoms with Gasteiger partial charge in [0, 0.05) is 10.6 Å². The minimum Gasteiger partial charge on any atom is -0.497 e. The third-order valence-corrected chi connectivity index (χ3v) is 9.32. The van der Waals surface area contributed by atoms with Gasteiger partial charge < -0.3 is 4.74 Å². The molecule has 2 N–H and O–H groups in total. The number of hydroxylamine groups is 1. The molecule has 0 bridgehead atoms. The Morgan fingerprint density at radius 3 is 2.17 bits per heavy atom. The maximum atomic E-state index is 13.8. The highest BCUT2D eigenvalue weighted by atomic mass is 32.2. The first-order valence-electron chi connectivity index (χ1n) is 11.5. The van der Waals surface area contributed by atoms with Crippen molar-refractivity contribution in [2.24, 2.45) is 5.92 Å². The van der Waals surface area contributed by atoms with Crippen molar-refractivity contribution < 1.29 is 23.2 Å². The number of ether oxygens (including phenoxy) is 1. The van der Waals surface area contributed by atoms with Crippen LogP contribution < -0.4 is 10.2 Å². The summed E-state index contributed by atoms with van der Waals surface area (Å²) in [5.41, 5.74) is 2.89. The van der Waals surface area contributed by atoms with E-state index in [2.05, 4.69) is 0 Å². The van der Waals surface area contributed by atoms with Crippen molar-refractivity contribution in [3.05, 3.63) is 90.5 Å². The van der Waals surface area contributed by atoms with Gasteiger partial charge in [-0.15, -0.1) is 11.8 Å². The number of methoxy groups -OCH3 is 1. The molecule has 0 aromatic heterocycles. The zero-order valence-corrected chi connectivity index (χ0v) is 21.3. The molecule has 35 heavy (non-hydrogen) atoms. The van der Waals surface area contributed by atoms with Gasteiger partial charge in [0.1, 0.15) is 5.75 Å². The molecule has 3 aromatic carbocycles. The standard InChI is InChI=1S/C27H31NO5S2/c1-33-22-16-18-24(19-17-22)35(31,32)26(15-9-8-12-21-10-4-2-5-11-21)25(27(29)28-30)20-34-23-13-6-3-7-14-23/h2-7,10-11,13-14,16-19,25-26,30H,8-9,12,15,20H2,1H3,(H,28,29)/t25-,26+/m1/s1. The molecule has 0 heterocycles. The van der Waals surface area contributed by atoms with Crippen LogP contribution in [0.3, 0.4) is 0 Å². The van der Waals surface area contributed by atoms with Crippen molar-refractivity contribution in [1.82, 2.24) is 5.48 Å². The van der Waals surface area contributed by atoms with Crippen LogP contribution in [0.1, 0.15) is 24.8 Å². The van der Waals surface area contributed by atoms with Gasteiger partial charge in [-0.05, 0) is 61.2 Å². The van der Waals surface area contributed by atoms with E-state index in [0.717, 1.165) is 17.7 Å². The van der Waals surface area contributed by atoms with Gasteiger partial charge in [0.25, 0.3) is 0 Å². The predicted molar refractivity (Wildman–Crippen MR) is 139 cm³/mol. The van der Waals surface area contributed by atoms with Crippen molar-refractivity contribution in [3.63, 3.8) is 0 Å². The molecule has 186 valence electrons. The number of sulfone groups is 1. The van der Waals surface area contributed by atoms with Crippen LogP contribution in [0.2, 0.25) is 0 Å². The first-order chi connectivity index (χ1) is 17.0. The fourth-order valence-corrected chi connectivity index (χ4v) is 7.19. The van der Waals surface area contributed by atoms with Crippen molar-refractivity contribution >= 4 is 27.5 Å². The van der Waals surface area contributed by atoms with Crippen LogP contribution in [0.4, 0.5) is 0 Å². The Balaban J connectivity index is 1.84. The molecule has 0 aliphatic heterocycles. The average Bonchev–Trinajstić information content (AvgIpc) is 2.90. The summed E-state index contributed by atoms with van der Waals surface area (Å²) in [6.45, 7) is 0. The highest BCUT2D eigenvalue weighted by molar-refractivity contribution is 7.99. The monoisotopic (exact) mass is 513 g/mol. The van der Waals surface area contributed by atoms with Crippen molar-refractivity contribution in [2.45, 2.75) is 40.7 Å². The van der Waals surface area contributed by atoms with Gasteiger partial charge in [-0.3, -0.25) is 10.0 Å². The van der Waals surface area contributed by atoms with Gasteiger partial charge in [-0.2, -0.15) is 0 Å². The quantitative estimate of drug-likeness (QED) is 0.142. The molecule has 0 unspecified atom stereocenters. The smallest absolute Gasteiger partial charge is 0.248 e. The Morgan fingerprint density at radius 1 is 0.943 bits per heavy atom. The van der Waals surface area contributed by atoms with Gasteiger partial charge in [0.2, 0.25) is 5.91 Å². The van der Waals surface area contributed by atoms with Gasteiger partial charge in [-0.1, -0.05) is 55.0 Å². The maximum Gasteiger partial charge on any atom is 0.248 e. The van der Waals surface area contributed by atoms with E-state index < -0.39 is 26.9 Å². The molecule has 0 saturated carbocycles. The van der Waals surface area contributed by atoms with Crippen molar-refractivity contribution in [3.8, 4) is 5.75 Å². The average molecular weight is 514 g/mol. The summed E-state index contributed by atoms with van der Waals surface area (Å²) in [5, 5.41) is 8.47. The number of unbranched alkanes of at least 4 members (excludes halogenated alkanes) is 1. The van der Waals surface area contributed by atoms with E-state index >= 15 is 0 Å².